The summed E-state index contributed by atoms with van der Waals surface area (Å²) in [6.07, 6.45) is -0.705. The molecule has 0 amide bonds. The van der Waals surface area contributed by atoms with Crippen molar-refractivity contribution < 1.29 is 14.3 Å². The van der Waals surface area contributed by atoms with Crippen LogP contribution in [0.2, 0.25) is 0 Å². The third-order valence-corrected chi connectivity index (χ3v) is 2.64. The van der Waals surface area contributed by atoms with Crippen molar-refractivity contribution in [1.29, 1.82) is 0 Å². The number of rotatable bonds is 2. The van der Waals surface area contributed by atoms with Gasteiger partial charge in [0.05, 0.1) is 7.11 Å². The molecule has 0 aliphatic carbocycles. The lowest BCUT2D eigenvalue weighted by Crippen LogP contribution is -2.16. The van der Waals surface area contributed by atoms with Gasteiger partial charge in [0, 0.05) is 5.56 Å². The van der Waals surface area contributed by atoms with E-state index in [1.165, 1.54) is 7.11 Å². The summed E-state index contributed by atoms with van der Waals surface area (Å²) in [5.41, 5.74) is 2.84. The molecular weight excluding hydrogens is 228 g/mol. The van der Waals surface area contributed by atoms with E-state index >= 15 is 0 Å². The van der Waals surface area contributed by atoms with Gasteiger partial charge in [-0.1, -0.05) is 39.0 Å². The van der Waals surface area contributed by atoms with E-state index in [1.54, 1.807) is 6.07 Å². The summed E-state index contributed by atoms with van der Waals surface area (Å²) < 4.78 is 9.69. The van der Waals surface area contributed by atoms with Crippen LogP contribution in [0, 0.1) is 0 Å². The van der Waals surface area contributed by atoms with Gasteiger partial charge in [0.2, 0.25) is 0 Å². The summed E-state index contributed by atoms with van der Waals surface area (Å²) in [6.45, 7) is 12.1. The van der Waals surface area contributed by atoms with Gasteiger partial charge in [-0.05, 0) is 30.0 Å². The zero-order valence-electron chi connectivity index (χ0n) is 11.7. The van der Waals surface area contributed by atoms with Crippen LogP contribution in [-0.4, -0.2) is 13.3 Å². The van der Waals surface area contributed by atoms with E-state index in [0.717, 1.165) is 16.7 Å². The molecule has 0 aliphatic heterocycles. The Morgan fingerprint density at radius 3 is 2.33 bits per heavy atom. The average molecular weight is 248 g/mol. The zero-order valence-corrected chi connectivity index (χ0v) is 11.7. The van der Waals surface area contributed by atoms with Crippen molar-refractivity contribution in [2.75, 3.05) is 7.11 Å². The highest BCUT2D eigenvalue weighted by molar-refractivity contribution is 5.68. The lowest BCUT2D eigenvalue weighted by atomic mass is 9.85. The molecule has 0 fully saturated rings. The fourth-order valence-corrected chi connectivity index (χ4v) is 1.60. The standard InChI is InChI=1S/C15H20O3/c1-10(2)11-7-8-13(18-14(16)17-6)12(9-11)15(3,4)5/h7-9H,1H2,2-6H3. The molecule has 18 heavy (non-hydrogen) atoms. The van der Waals surface area contributed by atoms with Crippen LogP contribution in [0.4, 0.5) is 4.79 Å². The van der Waals surface area contributed by atoms with Crippen LogP contribution in [0.3, 0.4) is 0 Å². The monoisotopic (exact) mass is 248 g/mol. The first kappa shape index (κ1) is 14.3. The van der Waals surface area contributed by atoms with Gasteiger partial charge >= 0.3 is 6.16 Å². The molecule has 0 bridgehead atoms. The van der Waals surface area contributed by atoms with Gasteiger partial charge in [0.1, 0.15) is 5.75 Å². The highest BCUT2D eigenvalue weighted by Crippen LogP contribution is 2.33. The SMILES string of the molecule is C=C(C)c1ccc(OC(=O)OC)c(C(C)(C)C)c1. The fourth-order valence-electron chi connectivity index (χ4n) is 1.60. The van der Waals surface area contributed by atoms with Gasteiger partial charge < -0.3 is 9.47 Å². The molecular formula is C15H20O3. The first-order chi connectivity index (χ1) is 8.25. The molecule has 0 spiro atoms. The first-order valence-corrected chi connectivity index (χ1v) is 5.82. The van der Waals surface area contributed by atoms with Crippen LogP contribution in [-0.2, 0) is 10.2 Å². The normalized spacial score (nSPS) is 10.9. The second kappa shape index (κ2) is 5.25. The lowest BCUT2D eigenvalue weighted by molar-refractivity contribution is 0.120. The quantitative estimate of drug-likeness (QED) is 0.582. The third kappa shape index (κ3) is 3.36. The molecule has 0 saturated carbocycles. The summed E-state index contributed by atoms with van der Waals surface area (Å²) >= 11 is 0. The van der Waals surface area contributed by atoms with Crippen molar-refractivity contribution in [1.82, 2.24) is 0 Å². The van der Waals surface area contributed by atoms with E-state index in [4.69, 9.17) is 4.74 Å². The van der Waals surface area contributed by atoms with Crippen LogP contribution in [0.1, 0.15) is 38.8 Å². The van der Waals surface area contributed by atoms with Crippen LogP contribution in [0.15, 0.2) is 24.8 Å². The minimum atomic E-state index is -0.705. The van der Waals surface area contributed by atoms with Gasteiger partial charge in [0.15, 0.2) is 0 Å². The van der Waals surface area contributed by atoms with Gasteiger partial charge in [-0.25, -0.2) is 4.79 Å². The minimum Gasteiger partial charge on any atom is -0.437 e. The summed E-state index contributed by atoms with van der Waals surface area (Å²) in [5.74, 6) is 0.527. The number of ether oxygens (including phenoxy) is 2. The first-order valence-electron chi connectivity index (χ1n) is 5.82. The van der Waals surface area contributed by atoms with Crippen molar-refractivity contribution >= 4 is 11.7 Å². The number of hydrogen-bond donors (Lipinski definition) is 0. The number of allylic oxidation sites excluding steroid dienone is 1. The zero-order chi connectivity index (χ0) is 13.9. The van der Waals surface area contributed by atoms with E-state index in [9.17, 15) is 4.79 Å². The van der Waals surface area contributed by atoms with E-state index in [2.05, 4.69) is 32.1 Å². The topological polar surface area (TPSA) is 35.5 Å². The largest absolute Gasteiger partial charge is 0.513 e. The molecule has 98 valence electrons. The Balaban J connectivity index is 3.26. The predicted octanol–water partition coefficient (Wildman–Crippen LogP) is 4.16. The van der Waals surface area contributed by atoms with Crippen LogP contribution < -0.4 is 4.74 Å². The molecule has 1 rings (SSSR count). The fraction of sp³-hybridized carbons (Fsp3) is 0.400. The second-order valence-electron chi connectivity index (χ2n) is 5.30. The number of methoxy groups -OCH3 is 1. The van der Waals surface area contributed by atoms with Crippen molar-refractivity contribution in [3.8, 4) is 5.75 Å². The molecule has 0 N–H and O–H groups in total. The maximum absolute atomic E-state index is 11.2. The van der Waals surface area contributed by atoms with Gasteiger partial charge in [-0.2, -0.15) is 0 Å². The maximum Gasteiger partial charge on any atom is 0.513 e. The molecule has 0 aliphatic rings. The molecule has 0 aromatic heterocycles. The number of hydrogen-bond acceptors (Lipinski definition) is 3. The van der Waals surface area contributed by atoms with Gasteiger partial charge in [0.25, 0.3) is 0 Å². The molecule has 3 nitrogen and oxygen atoms in total. The van der Waals surface area contributed by atoms with E-state index in [1.807, 2.05) is 19.1 Å². The average Bonchev–Trinajstić information content (AvgIpc) is 2.27. The second-order valence-corrected chi connectivity index (χ2v) is 5.30. The Morgan fingerprint density at radius 2 is 1.89 bits per heavy atom. The third-order valence-electron chi connectivity index (χ3n) is 2.64. The van der Waals surface area contributed by atoms with Crippen LogP contribution >= 0.6 is 0 Å². The van der Waals surface area contributed by atoms with Crippen LogP contribution in [0.5, 0.6) is 5.75 Å². The highest BCUT2D eigenvalue weighted by atomic mass is 16.7. The maximum atomic E-state index is 11.2. The molecule has 0 heterocycles. The van der Waals surface area contributed by atoms with Crippen molar-refractivity contribution in [3.05, 3.63) is 35.9 Å². The summed E-state index contributed by atoms with van der Waals surface area (Å²) in [6, 6.07) is 5.66. The Morgan fingerprint density at radius 1 is 1.28 bits per heavy atom. The van der Waals surface area contributed by atoms with E-state index in [0.29, 0.717) is 5.75 Å². The molecule has 1 aromatic carbocycles. The highest BCUT2D eigenvalue weighted by Gasteiger charge is 2.21. The van der Waals surface area contributed by atoms with E-state index < -0.39 is 6.16 Å². The Hall–Kier alpha value is -1.77. The van der Waals surface area contributed by atoms with Gasteiger partial charge in [-0.3, -0.25) is 0 Å². The molecule has 0 atom stereocenters. The number of benzene rings is 1. The molecule has 1 aromatic rings. The number of carbonyl (C=O) groups is 1. The molecule has 0 saturated heterocycles. The Kier molecular flexibility index (Phi) is 4.17. The Labute approximate surface area is 108 Å². The summed E-state index contributed by atoms with van der Waals surface area (Å²) in [7, 11) is 1.29. The molecule has 0 unspecified atom stereocenters. The summed E-state index contributed by atoms with van der Waals surface area (Å²) in [4.78, 5) is 11.2. The number of carbonyl (C=O) groups excluding carboxylic acids is 1. The predicted molar refractivity (Wildman–Crippen MR) is 72.9 cm³/mol. The smallest absolute Gasteiger partial charge is 0.437 e. The van der Waals surface area contributed by atoms with Crippen molar-refractivity contribution in [2.24, 2.45) is 0 Å². The lowest BCUT2D eigenvalue weighted by Gasteiger charge is -2.23. The van der Waals surface area contributed by atoms with Crippen molar-refractivity contribution in [2.45, 2.75) is 33.1 Å². The molecule has 3 heteroatoms. The molecule has 0 radical (unpaired) electrons. The van der Waals surface area contributed by atoms with Gasteiger partial charge in [-0.15, -0.1) is 0 Å². The van der Waals surface area contributed by atoms with Crippen molar-refractivity contribution in [3.63, 3.8) is 0 Å². The minimum absolute atomic E-state index is 0.130. The van der Waals surface area contributed by atoms with E-state index in [-0.39, 0.29) is 5.41 Å². The van der Waals surface area contributed by atoms with Crippen LogP contribution in [0.25, 0.3) is 5.57 Å². The Bertz CT molecular complexity index is 467. The summed E-state index contributed by atoms with van der Waals surface area (Å²) in [5, 5.41) is 0.